The zero-order valence-electron chi connectivity index (χ0n) is 9.13. The molecule has 88 valence electrons. The molecule has 0 aliphatic carbocycles. The molecule has 3 nitrogen and oxygen atoms in total. The van der Waals surface area contributed by atoms with Gasteiger partial charge in [-0.05, 0) is 24.1 Å². The van der Waals surface area contributed by atoms with Crippen molar-refractivity contribution < 1.29 is 9.18 Å². The Balaban J connectivity index is 2.77. The molecule has 0 fully saturated rings. The summed E-state index contributed by atoms with van der Waals surface area (Å²) in [5.74, 6) is -0.751. The fraction of sp³-hybridized carbons (Fsp3) is 0.364. The number of hydrogen-bond acceptors (Lipinski definition) is 2. The van der Waals surface area contributed by atoms with Crippen LogP contribution in [0.15, 0.2) is 18.2 Å². The first-order valence-corrected chi connectivity index (χ1v) is 5.31. The van der Waals surface area contributed by atoms with Gasteiger partial charge in [-0.25, -0.2) is 4.39 Å². The Morgan fingerprint density at radius 2 is 2.12 bits per heavy atom. The molecule has 0 spiro atoms. The number of anilines is 1. The Labute approximate surface area is 98.8 Å². The van der Waals surface area contributed by atoms with E-state index in [0.29, 0.717) is 5.69 Å². The number of hydrogen-bond donors (Lipinski definition) is 2. The number of rotatable bonds is 3. The van der Waals surface area contributed by atoms with Crippen molar-refractivity contribution in [2.24, 2.45) is 11.7 Å². The summed E-state index contributed by atoms with van der Waals surface area (Å²) in [4.78, 5) is 11.6. The fourth-order valence-corrected chi connectivity index (χ4v) is 1.32. The predicted octanol–water partition coefficient (Wildman–Crippen LogP) is 2.40. The average molecular weight is 245 g/mol. The largest absolute Gasteiger partial charge is 0.323 e. The van der Waals surface area contributed by atoms with E-state index in [1.165, 1.54) is 12.1 Å². The van der Waals surface area contributed by atoms with Crippen LogP contribution in [0.2, 0.25) is 5.02 Å². The normalized spacial score (nSPS) is 12.6. The number of nitrogens with two attached hydrogens (primary N) is 1. The van der Waals surface area contributed by atoms with Crippen LogP contribution < -0.4 is 11.1 Å². The predicted molar refractivity (Wildman–Crippen MR) is 62.9 cm³/mol. The van der Waals surface area contributed by atoms with Gasteiger partial charge in [-0.15, -0.1) is 0 Å². The highest BCUT2D eigenvalue weighted by molar-refractivity contribution is 6.33. The highest BCUT2D eigenvalue weighted by Crippen LogP contribution is 2.22. The highest BCUT2D eigenvalue weighted by atomic mass is 35.5. The van der Waals surface area contributed by atoms with Crippen molar-refractivity contribution in [3.05, 3.63) is 29.0 Å². The van der Waals surface area contributed by atoms with Crippen LogP contribution in [0.25, 0.3) is 0 Å². The smallest absolute Gasteiger partial charge is 0.241 e. The van der Waals surface area contributed by atoms with Gasteiger partial charge in [0.05, 0.1) is 16.8 Å². The maximum atomic E-state index is 12.7. The van der Waals surface area contributed by atoms with Gasteiger partial charge < -0.3 is 11.1 Å². The number of halogens is 2. The zero-order valence-corrected chi connectivity index (χ0v) is 9.88. The standard InChI is InChI=1S/C11H14ClFN2O/c1-6(2)10(14)11(16)15-9-4-3-7(13)5-8(9)12/h3-6,10H,14H2,1-2H3,(H,15,16)/t10-/m1/s1. The minimum absolute atomic E-state index is 0.0271. The maximum absolute atomic E-state index is 12.7. The molecule has 0 bridgehead atoms. The van der Waals surface area contributed by atoms with Gasteiger partial charge in [0.15, 0.2) is 0 Å². The molecule has 3 N–H and O–H groups in total. The summed E-state index contributed by atoms with van der Waals surface area (Å²) in [7, 11) is 0. The number of carbonyl (C=O) groups is 1. The highest BCUT2D eigenvalue weighted by Gasteiger charge is 2.18. The van der Waals surface area contributed by atoms with Crippen LogP contribution >= 0.6 is 11.6 Å². The Hall–Kier alpha value is -1.13. The summed E-state index contributed by atoms with van der Waals surface area (Å²) >= 11 is 5.76. The summed E-state index contributed by atoms with van der Waals surface area (Å²) in [5.41, 5.74) is 6.02. The van der Waals surface area contributed by atoms with E-state index in [0.717, 1.165) is 6.07 Å². The molecule has 0 saturated carbocycles. The molecular weight excluding hydrogens is 231 g/mol. The molecule has 0 saturated heterocycles. The lowest BCUT2D eigenvalue weighted by molar-refractivity contribution is -0.118. The second kappa shape index (κ2) is 5.27. The van der Waals surface area contributed by atoms with E-state index in [9.17, 15) is 9.18 Å². The Morgan fingerprint density at radius 3 is 2.62 bits per heavy atom. The molecule has 0 heterocycles. The molecule has 5 heteroatoms. The molecule has 0 unspecified atom stereocenters. The van der Waals surface area contributed by atoms with Gasteiger partial charge in [0.1, 0.15) is 5.82 Å². The van der Waals surface area contributed by atoms with Crippen LogP contribution in [0.5, 0.6) is 0 Å². The third kappa shape index (κ3) is 3.18. The summed E-state index contributed by atoms with van der Waals surface area (Å²) < 4.78 is 12.7. The average Bonchev–Trinajstić information content (AvgIpc) is 2.20. The van der Waals surface area contributed by atoms with Crippen molar-refractivity contribution >= 4 is 23.2 Å². The third-order valence-electron chi connectivity index (χ3n) is 2.21. The van der Waals surface area contributed by atoms with Crippen LogP contribution in [-0.2, 0) is 4.79 Å². The first kappa shape index (κ1) is 12.9. The van der Waals surface area contributed by atoms with E-state index in [1.54, 1.807) is 0 Å². The Morgan fingerprint density at radius 1 is 1.50 bits per heavy atom. The van der Waals surface area contributed by atoms with Crippen molar-refractivity contribution in [2.75, 3.05) is 5.32 Å². The van der Waals surface area contributed by atoms with E-state index >= 15 is 0 Å². The van der Waals surface area contributed by atoms with E-state index < -0.39 is 11.9 Å². The third-order valence-corrected chi connectivity index (χ3v) is 2.52. The summed E-state index contributed by atoms with van der Waals surface area (Å²) in [6.45, 7) is 3.69. The minimum atomic E-state index is -0.610. The second-order valence-corrected chi connectivity index (χ2v) is 4.29. The molecule has 0 radical (unpaired) electrons. The number of nitrogens with one attached hydrogen (secondary N) is 1. The fourth-order valence-electron chi connectivity index (χ4n) is 1.11. The van der Waals surface area contributed by atoms with Crippen molar-refractivity contribution in [3.8, 4) is 0 Å². The zero-order chi connectivity index (χ0) is 12.3. The molecular formula is C11H14ClFN2O. The van der Waals surface area contributed by atoms with Gasteiger partial charge in [-0.1, -0.05) is 25.4 Å². The molecule has 1 amide bonds. The first-order chi connectivity index (χ1) is 7.41. The van der Waals surface area contributed by atoms with E-state index in [4.69, 9.17) is 17.3 Å². The maximum Gasteiger partial charge on any atom is 0.241 e. The quantitative estimate of drug-likeness (QED) is 0.858. The van der Waals surface area contributed by atoms with Crippen molar-refractivity contribution in [2.45, 2.75) is 19.9 Å². The minimum Gasteiger partial charge on any atom is -0.323 e. The SMILES string of the molecule is CC(C)[C@@H](N)C(=O)Nc1ccc(F)cc1Cl. The molecule has 1 aromatic rings. The number of benzene rings is 1. The van der Waals surface area contributed by atoms with Gasteiger partial charge in [-0.3, -0.25) is 4.79 Å². The van der Waals surface area contributed by atoms with Crippen LogP contribution in [0.3, 0.4) is 0 Å². The van der Waals surface area contributed by atoms with E-state index in [-0.39, 0.29) is 16.8 Å². The van der Waals surface area contributed by atoms with Crippen LogP contribution in [-0.4, -0.2) is 11.9 Å². The molecule has 1 atom stereocenters. The van der Waals surface area contributed by atoms with Gasteiger partial charge in [0, 0.05) is 0 Å². The molecule has 0 aromatic heterocycles. The van der Waals surface area contributed by atoms with Crippen LogP contribution in [0.1, 0.15) is 13.8 Å². The number of amides is 1. The lowest BCUT2D eigenvalue weighted by Gasteiger charge is -2.15. The van der Waals surface area contributed by atoms with Crippen LogP contribution in [0.4, 0.5) is 10.1 Å². The lowest BCUT2D eigenvalue weighted by atomic mass is 10.1. The van der Waals surface area contributed by atoms with Gasteiger partial charge in [0.2, 0.25) is 5.91 Å². The lowest BCUT2D eigenvalue weighted by Crippen LogP contribution is -2.39. The molecule has 16 heavy (non-hydrogen) atoms. The molecule has 0 aliphatic rings. The van der Waals surface area contributed by atoms with Gasteiger partial charge in [0.25, 0.3) is 0 Å². The molecule has 1 rings (SSSR count). The van der Waals surface area contributed by atoms with Gasteiger partial charge in [-0.2, -0.15) is 0 Å². The van der Waals surface area contributed by atoms with Crippen molar-refractivity contribution in [1.82, 2.24) is 0 Å². The van der Waals surface area contributed by atoms with Crippen LogP contribution in [0, 0.1) is 11.7 Å². The molecule has 1 aromatic carbocycles. The first-order valence-electron chi connectivity index (χ1n) is 4.93. The summed E-state index contributed by atoms with van der Waals surface area (Å²) in [6.07, 6.45) is 0. The van der Waals surface area contributed by atoms with E-state index in [2.05, 4.69) is 5.32 Å². The van der Waals surface area contributed by atoms with Crippen molar-refractivity contribution in [1.29, 1.82) is 0 Å². The van der Waals surface area contributed by atoms with Crippen molar-refractivity contribution in [3.63, 3.8) is 0 Å². The second-order valence-electron chi connectivity index (χ2n) is 3.88. The molecule has 0 aliphatic heterocycles. The summed E-state index contributed by atoms with van der Waals surface area (Å²) in [6, 6.07) is 3.16. The monoisotopic (exact) mass is 244 g/mol. The van der Waals surface area contributed by atoms with Gasteiger partial charge >= 0.3 is 0 Å². The Kier molecular flexibility index (Phi) is 4.26. The topological polar surface area (TPSA) is 55.1 Å². The summed E-state index contributed by atoms with van der Waals surface area (Å²) in [5, 5.41) is 2.71. The Bertz CT molecular complexity index is 396. The van der Waals surface area contributed by atoms with E-state index in [1.807, 2.05) is 13.8 Å². The number of carbonyl (C=O) groups excluding carboxylic acids is 1.